The number of hydrogen-bond donors (Lipinski definition) is 1. The van der Waals surface area contributed by atoms with E-state index in [-0.39, 0.29) is 29.0 Å². The van der Waals surface area contributed by atoms with Gasteiger partial charge in [0.2, 0.25) is 26.0 Å². The van der Waals surface area contributed by atoms with Crippen LogP contribution in [0.25, 0.3) is 0 Å². The Morgan fingerprint density at radius 3 is 2.14 bits per heavy atom. The first-order valence-electron chi connectivity index (χ1n) is 12.3. The Morgan fingerprint density at radius 1 is 0.889 bits per heavy atom. The van der Waals surface area contributed by atoms with Gasteiger partial charge in [-0.25, -0.2) is 16.8 Å². The van der Waals surface area contributed by atoms with Gasteiger partial charge in [-0.1, -0.05) is 31.0 Å². The van der Waals surface area contributed by atoms with Crippen molar-refractivity contribution in [3.8, 4) is 0 Å². The van der Waals surface area contributed by atoms with E-state index in [9.17, 15) is 21.6 Å². The lowest BCUT2D eigenvalue weighted by molar-refractivity contribution is -0.116. The molecule has 0 aliphatic carbocycles. The molecular formula is C25H33N3O6S2. The summed E-state index contributed by atoms with van der Waals surface area (Å²) in [4.78, 5) is 12.7. The molecule has 2 aromatic carbocycles. The van der Waals surface area contributed by atoms with Crippen molar-refractivity contribution >= 4 is 31.6 Å². The molecule has 1 amide bonds. The number of benzene rings is 2. The van der Waals surface area contributed by atoms with E-state index in [1.54, 1.807) is 24.3 Å². The van der Waals surface area contributed by atoms with Gasteiger partial charge in [0.05, 0.1) is 22.4 Å². The van der Waals surface area contributed by atoms with Crippen molar-refractivity contribution in [1.29, 1.82) is 0 Å². The third-order valence-corrected chi connectivity index (χ3v) is 10.2. The van der Waals surface area contributed by atoms with Crippen molar-refractivity contribution in [2.24, 2.45) is 0 Å². The van der Waals surface area contributed by atoms with Crippen molar-refractivity contribution < 1.29 is 26.4 Å². The van der Waals surface area contributed by atoms with E-state index < -0.39 is 26.0 Å². The number of amides is 1. The smallest absolute Gasteiger partial charge is 0.243 e. The second kappa shape index (κ2) is 11.8. The fourth-order valence-corrected chi connectivity index (χ4v) is 7.45. The van der Waals surface area contributed by atoms with Gasteiger partial charge >= 0.3 is 0 Å². The first-order valence-corrected chi connectivity index (χ1v) is 15.2. The summed E-state index contributed by atoms with van der Waals surface area (Å²) in [5, 5.41) is 2.72. The summed E-state index contributed by atoms with van der Waals surface area (Å²) in [7, 11) is -7.78. The molecule has 0 aromatic heterocycles. The number of carbonyl (C=O) groups excluding carboxylic acids is 1. The van der Waals surface area contributed by atoms with E-state index in [0.29, 0.717) is 31.8 Å². The predicted molar refractivity (Wildman–Crippen MR) is 136 cm³/mol. The fourth-order valence-electron chi connectivity index (χ4n) is 4.51. The Balaban J connectivity index is 1.54. The number of rotatable bonds is 9. The summed E-state index contributed by atoms with van der Waals surface area (Å²) >= 11 is 0. The molecule has 2 heterocycles. The molecule has 2 aliphatic heterocycles. The van der Waals surface area contributed by atoms with Gasteiger partial charge in [0.15, 0.2) is 0 Å². The standard InChI is InChI=1S/C25H33N3O6S2/c29-25(26-21-9-4-3-5-10-21)20-28(19-22-11-8-18-34-22)36(32,33)24-14-12-23(13-15-24)35(30,31)27-16-6-1-2-7-17-27/h3-5,9-10,12-15,22H,1-2,6-8,11,16-20H2,(H,26,29)/t22-/m1/s1. The zero-order valence-corrected chi connectivity index (χ0v) is 21.8. The normalized spacial score (nSPS) is 19.8. The van der Waals surface area contributed by atoms with Gasteiger partial charge in [-0.15, -0.1) is 0 Å². The Kier molecular flexibility index (Phi) is 8.78. The molecule has 36 heavy (non-hydrogen) atoms. The molecule has 2 aromatic rings. The van der Waals surface area contributed by atoms with E-state index in [1.807, 2.05) is 6.07 Å². The summed E-state index contributed by atoms with van der Waals surface area (Å²) < 4.78 is 61.5. The molecule has 1 atom stereocenters. The van der Waals surface area contributed by atoms with Crippen molar-refractivity contribution in [2.75, 3.05) is 38.1 Å². The van der Waals surface area contributed by atoms with Gasteiger partial charge in [0.25, 0.3) is 0 Å². The van der Waals surface area contributed by atoms with Crippen LogP contribution in [0.1, 0.15) is 38.5 Å². The SMILES string of the molecule is O=C(CN(C[C@H]1CCCO1)S(=O)(=O)c1ccc(S(=O)(=O)N2CCCCCC2)cc1)Nc1ccccc1. The quantitative estimate of drug-likeness (QED) is 0.528. The number of para-hydroxylation sites is 1. The van der Waals surface area contributed by atoms with E-state index in [0.717, 1.165) is 36.4 Å². The molecule has 4 rings (SSSR count). The number of anilines is 1. The van der Waals surface area contributed by atoms with Crippen LogP contribution in [0.5, 0.6) is 0 Å². The Hall–Kier alpha value is -2.31. The number of nitrogens with zero attached hydrogens (tertiary/aromatic N) is 2. The molecule has 9 nitrogen and oxygen atoms in total. The van der Waals surface area contributed by atoms with Crippen LogP contribution in [0.2, 0.25) is 0 Å². The monoisotopic (exact) mass is 535 g/mol. The van der Waals surface area contributed by atoms with Gasteiger partial charge in [0, 0.05) is 31.9 Å². The third kappa shape index (κ3) is 6.51. The summed E-state index contributed by atoms with van der Waals surface area (Å²) in [6.07, 6.45) is 4.87. The minimum absolute atomic E-state index is 0.0401. The molecule has 0 unspecified atom stereocenters. The van der Waals surface area contributed by atoms with Crippen LogP contribution >= 0.6 is 0 Å². The van der Waals surface area contributed by atoms with Crippen LogP contribution in [-0.4, -0.2) is 70.2 Å². The summed E-state index contributed by atoms with van der Waals surface area (Å²) in [6, 6.07) is 14.1. The molecule has 196 valence electrons. The molecule has 2 aliphatic rings. The van der Waals surface area contributed by atoms with Crippen molar-refractivity contribution in [3.05, 3.63) is 54.6 Å². The average molecular weight is 536 g/mol. The highest BCUT2D eigenvalue weighted by molar-refractivity contribution is 7.89. The van der Waals surface area contributed by atoms with Crippen LogP contribution in [0.15, 0.2) is 64.4 Å². The highest BCUT2D eigenvalue weighted by atomic mass is 32.2. The largest absolute Gasteiger partial charge is 0.377 e. The van der Waals surface area contributed by atoms with Crippen LogP contribution < -0.4 is 5.32 Å². The molecule has 0 saturated carbocycles. The van der Waals surface area contributed by atoms with Gasteiger partial charge in [-0.05, 0) is 62.1 Å². The number of nitrogens with one attached hydrogen (secondary N) is 1. The molecule has 11 heteroatoms. The maximum Gasteiger partial charge on any atom is 0.243 e. The number of hydrogen-bond acceptors (Lipinski definition) is 6. The maximum absolute atomic E-state index is 13.5. The van der Waals surface area contributed by atoms with Crippen molar-refractivity contribution in [2.45, 2.75) is 54.4 Å². The lowest BCUT2D eigenvalue weighted by Gasteiger charge is -2.25. The average Bonchev–Trinajstić information content (AvgIpc) is 3.22. The molecule has 2 saturated heterocycles. The Morgan fingerprint density at radius 2 is 1.53 bits per heavy atom. The Labute approximate surface area is 213 Å². The fraction of sp³-hybridized carbons (Fsp3) is 0.480. The zero-order valence-electron chi connectivity index (χ0n) is 20.2. The van der Waals surface area contributed by atoms with Gasteiger partial charge < -0.3 is 10.1 Å². The highest BCUT2D eigenvalue weighted by Gasteiger charge is 2.32. The summed E-state index contributed by atoms with van der Waals surface area (Å²) in [6.45, 7) is 1.14. The van der Waals surface area contributed by atoms with E-state index in [4.69, 9.17) is 4.74 Å². The van der Waals surface area contributed by atoms with E-state index in [1.165, 1.54) is 28.6 Å². The third-order valence-electron chi connectivity index (χ3n) is 6.47. The number of sulfonamides is 2. The summed E-state index contributed by atoms with van der Waals surface area (Å²) in [5.74, 6) is -0.469. The lowest BCUT2D eigenvalue weighted by Crippen LogP contribution is -2.42. The topological polar surface area (TPSA) is 113 Å². The van der Waals surface area contributed by atoms with Crippen molar-refractivity contribution in [3.63, 3.8) is 0 Å². The van der Waals surface area contributed by atoms with Gasteiger partial charge in [-0.2, -0.15) is 8.61 Å². The van der Waals surface area contributed by atoms with Crippen LogP contribution in [0, 0.1) is 0 Å². The van der Waals surface area contributed by atoms with Crippen LogP contribution in [0.3, 0.4) is 0 Å². The minimum atomic E-state index is -4.08. The van der Waals surface area contributed by atoms with Gasteiger partial charge in [-0.3, -0.25) is 4.79 Å². The van der Waals surface area contributed by atoms with Crippen LogP contribution in [0.4, 0.5) is 5.69 Å². The molecular weight excluding hydrogens is 502 g/mol. The second-order valence-corrected chi connectivity index (χ2v) is 13.0. The van der Waals surface area contributed by atoms with E-state index >= 15 is 0 Å². The zero-order chi connectivity index (χ0) is 25.6. The highest BCUT2D eigenvalue weighted by Crippen LogP contribution is 2.24. The molecule has 1 N–H and O–H groups in total. The first-order chi connectivity index (χ1) is 17.3. The summed E-state index contributed by atoms with van der Waals surface area (Å²) in [5.41, 5.74) is 0.569. The number of carbonyl (C=O) groups is 1. The lowest BCUT2D eigenvalue weighted by atomic mass is 10.2. The molecule has 0 bridgehead atoms. The second-order valence-electron chi connectivity index (χ2n) is 9.14. The molecule has 0 spiro atoms. The maximum atomic E-state index is 13.5. The van der Waals surface area contributed by atoms with Crippen molar-refractivity contribution in [1.82, 2.24) is 8.61 Å². The molecule has 0 radical (unpaired) electrons. The number of ether oxygens (including phenoxy) is 1. The van der Waals surface area contributed by atoms with Gasteiger partial charge in [0.1, 0.15) is 0 Å². The first kappa shape index (κ1) is 26.7. The van der Waals surface area contributed by atoms with Crippen LogP contribution in [-0.2, 0) is 29.6 Å². The van der Waals surface area contributed by atoms with E-state index in [2.05, 4.69) is 5.32 Å². The predicted octanol–water partition coefficient (Wildman–Crippen LogP) is 3.06. The minimum Gasteiger partial charge on any atom is -0.377 e. The Bertz CT molecular complexity index is 1220. The molecule has 2 fully saturated rings.